The number of hydrogen-bond donors (Lipinski definition) is 0. The summed E-state index contributed by atoms with van der Waals surface area (Å²) in [4.78, 5) is 10.6. The highest BCUT2D eigenvalue weighted by molar-refractivity contribution is 5.93. The number of benzene rings is 1. The molecule has 0 saturated carbocycles. The molecule has 11 heavy (non-hydrogen) atoms. The molecular formula is C8H7FMgO. The van der Waals surface area contributed by atoms with Gasteiger partial charge in [0.25, 0.3) is 0 Å². The molecule has 0 aliphatic heterocycles. The summed E-state index contributed by atoms with van der Waals surface area (Å²) in [5.74, 6) is -0.356. The first-order valence-corrected chi connectivity index (χ1v) is 2.96. The maximum atomic E-state index is 12.2. The van der Waals surface area contributed by atoms with Crippen LogP contribution in [0.5, 0.6) is 0 Å². The van der Waals surface area contributed by atoms with Crippen molar-refractivity contribution in [2.45, 2.75) is 6.92 Å². The minimum Gasteiger partial charge on any atom is -0.295 e. The van der Waals surface area contributed by atoms with Crippen molar-refractivity contribution >= 4 is 28.8 Å². The Labute approximate surface area is 80.8 Å². The predicted octanol–water partition coefficient (Wildman–Crippen LogP) is 1.65. The molecule has 0 aromatic heterocycles. The number of rotatable bonds is 1. The molecule has 1 nitrogen and oxygen atoms in total. The van der Waals surface area contributed by atoms with Crippen LogP contribution in [0.1, 0.15) is 17.3 Å². The van der Waals surface area contributed by atoms with Gasteiger partial charge >= 0.3 is 0 Å². The van der Waals surface area contributed by atoms with Gasteiger partial charge in [0.1, 0.15) is 5.82 Å². The van der Waals surface area contributed by atoms with Crippen LogP contribution in [0, 0.1) is 5.82 Å². The lowest BCUT2D eigenvalue weighted by Gasteiger charge is -1.91. The fraction of sp³-hybridized carbons (Fsp3) is 0.125. The minimum absolute atomic E-state index is 0. The molecule has 1 rings (SSSR count). The van der Waals surface area contributed by atoms with Gasteiger partial charge in [-0.25, -0.2) is 4.39 Å². The third kappa shape index (κ3) is 2.99. The lowest BCUT2D eigenvalue weighted by atomic mass is 10.1. The Bertz CT molecular complexity index is 243. The van der Waals surface area contributed by atoms with Crippen molar-refractivity contribution in [3.05, 3.63) is 35.6 Å². The molecule has 0 spiro atoms. The molecule has 0 N–H and O–H groups in total. The lowest BCUT2D eigenvalue weighted by molar-refractivity contribution is 0.101. The number of halogens is 1. The molecule has 1 aromatic rings. The maximum absolute atomic E-state index is 12.2. The van der Waals surface area contributed by atoms with Crippen LogP contribution in [-0.2, 0) is 0 Å². The second kappa shape index (κ2) is 4.46. The summed E-state index contributed by atoms with van der Waals surface area (Å²) in [5.41, 5.74) is 0.543. The largest absolute Gasteiger partial charge is 0.295 e. The minimum atomic E-state index is -0.315. The Balaban J connectivity index is 0.000001000. The Morgan fingerprint density at radius 2 is 1.73 bits per heavy atom. The van der Waals surface area contributed by atoms with Gasteiger partial charge in [-0.15, -0.1) is 0 Å². The van der Waals surface area contributed by atoms with E-state index >= 15 is 0 Å². The standard InChI is InChI=1S/C8H7FO.Mg/c1-6(10)7-2-4-8(9)5-3-7;/h2-5H,1H3;. The van der Waals surface area contributed by atoms with Gasteiger partial charge in [-0.1, -0.05) is 0 Å². The number of hydrogen-bond acceptors (Lipinski definition) is 1. The van der Waals surface area contributed by atoms with Gasteiger partial charge in [0.15, 0.2) is 5.78 Å². The fourth-order valence-corrected chi connectivity index (χ4v) is 0.685. The van der Waals surface area contributed by atoms with E-state index in [1.165, 1.54) is 31.2 Å². The zero-order chi connectivity index (χ0) is 7.56. The SMILES string of the molecule is CC(=O)c1ccc(F)cc1.[Mg]. The van der Waals surface area contributed by atoms with Gasteiger partial charge in [0.05, 0.1) is 0 Å². The highest BCUT2D eigenvalue weighted by Crippen LogP contribution is 2.02. The van der Waals surface area contributed by atoms with Crippen molar-refractivity contribution in [1.29, 1.82) is 0 Å². The van der Waals surface area contributed by atoms with Crippen molar-refractivity contribution < 1.29 is 9.18 Å². The van der Waals surface area contributed by atoms with E-state index in [9.17, 15) is 9.18 Å². The summed E-state index contributed by atoms with van der Waals surface area (Å²) in [5, 5.41) is 0. The molecule has 0 amide bonds. The second-order valence-electron chi connectivity index (χ2n) is 2.06. The van der Waals surface area contributed by atoms with Gasteiger partial charge in [-0.05, 0) is 31.2 Å². The van der Waals surface area contributed by atoms with Crippen molar-refractivity contribution in [3.63, 3.8) is 0 Å². The number of Topliss-reactive ketones (excluding diaryl/α,β-unsaturated/α-hetero) is 1. The molecule has 54 valence electrons. The molecule has 0 unspecified atom stereocenters. The summed E-state index contributed by atoms with van der Waals surface area (Å²) in [6, 6.07) is 5.49. The van der Waals surface area contributed by atoms with Crippen LogP contribution >= 0.6 is 0 Å². The van der Waals surface area contributed by atoms with Crippen LogP contribution in [0.4, 0.5) is 4.39 Å². The van der Waals surface area contributed by atoms with E-state index in [2.05, 4.69) is 0 Å². The monoisotopic (exact) mass is 162 g/mol. The first kappa shape index (κ1) is 10.6. The molecular weight excluding hydrogens is 155 g/mol. The van der Waals surface area contributed by atoms with E-state index in [1.54, 1.807) is 0 Å². The van der Waals surface area contributed by atoms with Crippen molar-refractivity contribution in [3.8, 4) is 0 Å². The first-order chi connectivity index (χ1) is 4.70. The first-order valence-electron chi connectivity index (χ1n) is 2.96. The van der Waals surface area contributed by atoms with Gasteiger partial charge in [0, 0.05) is 28.6 Å². The smallest absolute Gasteiger partial charge is 0.159 e. The molecule has 3 heteroatoms. The summed E-state index contributed by atoms with van der Waals surface area (Å²) < 4.78 is 12.2. The fourth-order valence-electron chi connectivity index (χ4n) is 0.685. The van der Waals surface area contributed by atoms with Crippen LogP contribution in [-0.4, -0.2) is 28.8 Å². The van der Waals surface area contributed by atoms with Gasteiger partial charge < -0.3 is 0 Å². The van der Waals surface area contributed by atoms with E-state index in [0.29, 0.717) is 5.56 Å². The van der Waals surface area contributed by atoms with Crippen molar-refractivity contribution in [2.24, 2.45) is 0 Å². The van der Waals surface area contributed by atoms with E-state index in [1.807, 2.05) is 0 Å². The maximum Gasteiger partial charge on any atom is 0.159 e. The molecule has 0 atom stereocenters. The zero-order valence-electron chi connectivity index (χ0n) is 6.30. The van der Waals surface area contributed by atoms with E-state index in [4.69, 9.17) is 0 Å². The lowest BCUT2D eigenvalue weighted by Crippen LogP contribution is -1.90. The molecule has 1 aromatic carbocycles. The highest BCUT2D eigenvalue weighted by atomic mass is 24.3. The summed E-state index contributed by atoms with van der Waals surface area (Å²) in [6.07, 6.45) is 0. The average molecular weight is 162 g/mol. The highest BCUT2D eigenvalue weighted by Gasteiger charge is 1.96. The van der Waals surface area contributed by atoms with Crippen molar-refractivity contribution in [1.82, 2.24) is 0 Å². The van der Waals surface area contributed by atoms with Gasteiger partial charge in [-0.3, -0.25) is 4.79 Å². The number of ketones is 1. The molecule has 0 bridgehead atoms. The Hall–Kier alpha value is -0.414. The number of carbonyl (C=O) groups excluding carboxylic acids is 1. The normalized spacial score (nSPS) is 8.55. The van der Waals surface area contributed by atoms with Crippen LogP contribution < -0.4 is 0 Å². The predicted molar refractivity (Wildman–Crippen MR) is 42.2 cm³/mol. The molecule has 0 saturated heterocycles. The topological polar surface area (TPSA) is 17.1 Å². The van der Waals surface area contributed by atoms with Gasteiger partial charge in [0.2, 0.25) is 0 Å². The van der Waals surface area contributed by atoms with Gasteiger partial charge in [-0.2, -0.15) is 0 Å². The van der Waals surface area contributed by atoms with Crippen LogP contribution in [0.2, 0.25) is 0 Å². The zero-order valence-corrected chi connectivity index (χ0v) is 7.72. The van der Waals surface area contributed by atoms with Crippen molar-refractivity contribution in [2.75, 3.05) is 0 Å². The Morgan fingerprint density at radius 1 is 1.27 bits per heavy atom. The molecule has 0 fully saturated rings. The summed E-state index contributed by atoms with van der Waals surface area (Å²) in [6.45, 7) is 1.45. The van der Waals surface area contributed by atoms with Crippen LogP contribution in [0.15, 0.2) is 24.3 Å². The summed E-state index contributed by atoms with van der Waals surface area (Å²) >= 11 is 0. The second-order valence-corrected chi connectivity index (χ2v) is 2.06. The molecule has 0 aliphatic rings. The van der Waals surface area contributed by atoms with Crippen LogP contribution in [0.25, 0.3) is 0 Å². The molecule has 0 heterocycles. The molecule has 0 aliphatic carbocycles. The van der Waals surface area contributed by atoms with E-state index in [0.717, 1.165) is 0 Å². The third-order valence-corrected chi connectivity index (χ3v) is 1.25. The Kier molecular flexibility index (Phi) is 4.29. The Morgan fingerprint density at radius 3 is 2.09 bits per heavy atom. The summed E-state index contributed by atoms with van der Waals surface area (Å²) in [7, 11) is 0. The van der Waals surface area contributed by atoms with Crippen LogP contribution in [0.3, 0.4) is 0 Å². The van der Waals surface area contributed by atoms with E-state index < -0.39 is 0 Å². The number of carbonyl (C=O) groups is 1. The van der Waals surface area contributed by atoms with E-state index in [-0.39, 0.29) is 34.7 Å². The average Bonchev–Trinajstić information content (AvgIpc) is 1.88. The third-order valence-electron chi connectivity index (χ3n) is 1.25. The molecule has 2 radical (unpaired) electrons. The quantitative estimate of drug-likeness (QED) is 0.453.